The summed E-state index contributed by atoms with van der Waals surface area (Å²) >= 11 is 0. The number of hydrogen-bond donors (Lipinski definition) is 2. The highest BCUT2D eigenvalue weighted by atomic mass is 19.4. The van der Waals surface area contributed by atoms with Gasteiger partial charge in [0.1, 0.15) is 11.6 Å². The summed E-state index contributed by atoms with van der Waals surface area (Å²) in [5.41, 5.74) is 3.06. The molecule has 2 aromatic carbocycles. The third-order valence-electron chi connectivity index (χ3n) is 5.05. The van der Waals surface area contributed by atoms with Gasteiger partial charge in [-0.05, 0) is 54.2 Å². The lowest BCUT2D eigenvalue weighted by atomic mass is 9.94. The number of fused-ring (bicyclic) bond motifs is 1. The molecule has 2 atom stereocenters. The molecule has 1 aliphatic heterocycles. The molecule has 8 heteroatoms. The molecule has 4 nitrogen and oxygen atoms in total. The number of halogens is 4. The van der Waals surface area contributed by atoms with Gasteiger partial charge in [0, 0.05) is 18.2 Å². The van der Waals surface area contributed by atoms with Gasteiger partial charge in [0.05, 0.1) is 5.92 Å². The Kier molecular flexibility index (Phi) is 6.12. The van der Waals surface area contributed by atoms with Crippen molar-refractivity contribution in [1.29, 1.82) is 0 Å². The Labute approximate surface area is 165 Å². The van der Waals surface area contributed by atoms with E-state index in [2.05, 4.69) is 10.1 Å². The summed E-state index contributed by atoms with van der Waals surface area (Å²) in [7, 11) is 0. The summed E-state index contributed by atoms with van der Waals surface area (Å²) in [6.45, 7) is 2.07. The Hall–Kier alpha value is -2.61. The lowest BCUT2D eigenvalue weighted by Crippen LogP contribution is -2.21. The summed E-state index contributed by atoms with van der Waals surface area (Å²) in [6.07, 6.45) is -3.36. The van der Waals surface area contributed by atoms with Gasteiger partial charge >= 0.3 is 12.3 Å². The maximum absolute atomic E-state index is 14.3. The monoisotopic (exact) mass is 411 g/mol. The number of ether oxygens (including phenoxy) is 1. The molecule has 1 unspecified atom stereocenters. The van der Waals surface area contributed by atoms with Gasteiger partial charge in [-0.15, -0.1) is 13.2 Å². The first-order chi connectivity index (χ1) is 13.6. The van der Waals surface area contributed by atoms with Gasteiger partial charge in [-0.2, -0.15) is 0 Å². The number of carboxylic acid groups (broad SMARTS) is 1. The number of carboxylic acids is 1. The number of aliphatic carboxylic acids is 1. The van der Waals surface area contributed by atoms with E-state index in [-0.39, 0.29) is 5.56 Å². The van der Waals surface area contributed by atoms with Gasteiger partial charge in [0.2, 0.25) is 0 Å². The van der Waals surface area contributed by atoms with Crippen LogP contribution < -0.4 is 10.1 Å². The van der Waals surface area contributed by atoms with Crippen LogP contribution in [-0.2, 0) is 24.2 Å². The van der Waals surface area contributed by atoms with Crippen LogP contribution >= 0.6 is 0 Å². The molecule has 1 aliphatic rings. The third kappa shape index (κ3) is 5.47. The fourth-order valence-electron chi connectivity index (χ4n) is 3.54. The number of hydrogen-bond acceptors (Lipinski definition) is 3. The molecular formula is C21H21F4NO3. The van der Waals surface area contributed by atoms with E-state index in [1.165, 1.54) is 0 Å². The zero-order valence-corrected chi connectivity index (χ0v) is 15.7. The summed E-state index contributed by atoms with van der Waals surface area (Å²) < 4.78 is 55.6. The number of carbonyl (C=O) groups is 1. The first-order valence-corrected chi connectivity index (χ1v) is 9.24. The minimum absolute atomic E-state index is 0.124. The Bertz CT molecular complexity index is 898. The second-order valence-corrected chi connectivity index (χ2v) is 7.25. The van der Waals surface area contributed by atoms with E-state index in [1.807, 2.05) is 18.2 Å². The van der Waals surface area contributed by atoms with E-state index in [0.717, 1.165) is 34.9 Å². The smallest absolute Gasteiger partial charge is 0.481 e. The topological polar surface area (TPSA) is 58.6 Å². The molecule has 0 saturated carbocycles. The fraction of sp³-hybridized carbons (Fsp3) is 0.381. The van der Waals surface area contributed by atoms with Crippen molar-refractivity contribution in [3.63, 3.8) is 0 Å². The molecule has 0 aromatic heterocycles. The molecule has 0 amide bonds. The van der Waals surface area contributed by atoms with E-state index in [4.69, 9.17) is 5.11 Å². The van der Waals surface area contributed by atoms with Crippen LogP contribution in [0.2, 0.25) is 0 Å². The summed E-state index contributed by atoms with van der Waals surface area (Å²) in [6, 6.07) is 8.28. The molecule has 2 aromatic rings. The lowest BCUT2D eigenvalue weighted by Gasteiger charge is -2.18. The normalized spacial score (nSPS) is 17.9. The van der Waals surface area contributed by atoms with Gasteiger partial charge in [-0.1, -0.05) is 25.1 Å². The Morgan fingerprint density at radius 1 is 1.24 bits per heavy atom. The number of aryl methyl sites for hydroxylation is 1. The molecule has 0 bridgehead atoms. The second-order valence-electron chi connectivity index (χ2n) is 7.25. The zero-order chi connectivity index (χ0) is 21.2. The van der Waals surface area contributed by atoms with Gasteiger partial charge in [0.25, 0.3) is 0 Å². The minimum atomic E-state index is -4.84. The van der Waals surface area contributed by atoms with Crippen molar-refractivity contribution in [2.75, 3.05) is 0 Å². The van der Waals surface area contributed by atoms with E-state index < -0.39 is 35.9 Å². The SMILES string of the molecule is C[C@H](Cc1ccc2c(c1)CCC(c1cc(OC(F)(F)F)ccc1F)NC2)C(=O)O. The number of rotatable bonds is 5. The Morgan fingerprint density at radius 3 is 2.69 bits per heavy atom. The van der Waals surface area contributed by atoms with Gasteiger partial charge in [-0.25, -0.2) is 4.39 Å². The number of nitrogens with one attached hydrogen (secondary N) is 1. The standard InChI is InChI=1S/C21H21F4NO3/c1-12(20(27)28)8-13-2-3-15-11-26-19(7-4-14(15)9-13)17-10-16(5-6-18(17)22)29-21(23,24)25/h2-3,5-6,9-10,12,19,26H,4,7-8,11H2,1H3,(H,27,28)/t12-,19?/m1/s1. The van der Waals surface area contributed by atoms with Gasteiger partial charge < -0.3 is 15.2 Å². The summed E-state index contributed by atoms with van der Waals surface area (Å²) in [5, 5.41) is 12.3. The van der Waals surface area contributed by atoms with Crippen molar-refractivity contribution in [2.45, 2.75) is 45.1 Å². The van der Waals surface area contributed by atoms with Crippen molar-refractivity contribution >= 4 is 5.97 Å². The van der Waals surface area contributed by atoms with Crippen molar-refractivity contribution in [3.05, 3.63) is 64.5 Å². The summed E-state index contributed by atoms with van der Waals surface area (Å²) in [5.74, 6) is -2.42. The predicted octanol–water partition coefficient (Wildman–Crippen LogP) is 4.76. The average Bonchev–Trinajstić information content (AvgIpc) is 2.84. The van der Waals surface area contributed by atoms with Gasteiger partial charge in [0.15, 0.2) is 0 Å². The van der Waals surface area contributed by atoms with Crippen molar-refractivity contribution in [2.24, 2.45) is 5.92 Å². The number of benzene rings is 2. The lowest BCUT2D eigenvalue weighted by molar-refractivity contribution is -0.274. The van der Waals surface area contributed by atoms with E-state index in [0.29, 0.717) is 25.8 Å². The van der Waals surface area contributed by atoms with E-state index >= 15 is 0 Å². The molecular weight excluding hydrogens is 390 g/mol. The molecule has 0 spiro atoms. The minimum Gasteiger partial charge on any atom is -0.481 e. The maximum atomic E-state index is 14.3. The third-order valence-corrected chi connectivity index (χ3v) is 5.05. The highest BCUT2D eigenvalue weighted by Crippen LogP contribution is 2.31. The van der Waals surface area contributed by atoms with Crippen LogP contribution in [0.5, 0.6) is 5.75 Å². The summed E-state index contributed by atoms with van der Waals surface area (Å²) in [4.78, 5) is 11.1. The largest absolute Gasteiger partial charge is 0.573 e. The highest BCUT2D eigenvalue weighted by molar-refractivity contribution is 5.69. The van der Waals surface area contributed by atoms with Crippen LogP contribution in [0.3, 0.4) is 0 Å². The predicted molar refractivity (Wildman–Crippen MR) is 97.9 cm³/mol. The molecule has 29 heavy (non-hydrogen) atoms. The zero-order valence-electron chi connectivity index (χ0n) is 15.7. The molecule has 0 saturated heterocycles. The van der Waals surface area contributed by atoms with Crippen molar-refractivity contribution < 1.29 is 32.2 Å². The highest BCUT2D eigenvalue weighted by Gasteiger charge is 2.32. The number of alkyl halides is 3. The Morgan fingerprint density at radius 2 is 2.00 bits per heavy atom. The van der Waals surface area contributed by atoms with E-state index in [9.17, 15) is 22.4 Å². The second kappa shape index (κ2) is 8.41. The van der Waals surface area contributed by atoms with Crippen LogP contribution in [0.1, 0.15) is 41.6 Å². The van der Waals surface area contributed by atoms with Crippen molar-refractivity contribution in [1.82, 2.24) is 5.32 Å². The molecule has 0 radical (unpaired) electrons. The molecule has 0 fully saturated rings. The average molecular weight is 411 g/mol. The van der Waals surface area contributed by atoms with E-state index in [1.54, 1.807) is 6.92 Å². The molecule has 1 heterocycles. The van der Waals surface area contributed by atoms with Crippen LogP contribution in [0, 0.1) is 11.7 Å². The van der Waals surface area contributed by atoms with Crippen LogP contribution in [0.4, 0.5) is 17.6 Å². The van der Waals surface area contributed by atoms with Gasteiger partial charge in [-0.3, -0.25) is 4.79 Å². The quantitative estimate of drug-likeness (QED) is 0.697. The first-order valence-electron chi connectivity index (χ1n) is 9.24. The maximum Gasteiger partial charge on any atom is 0.573 e. The van der Waals surface area contributed by atoms with Crippen LogP contribution in [-0.4, -0.2) is 17.4 Å². The Balaban J connectivity index is 1.77. The van der Waals surface area contributed by atoms with Crippen molar-refractivity contribution in [3.8, 4) is 5.75 Å². The first kappa shape index (κ1) is 21.1. The molecule has 3 rings (SSSR count). The molecule has 156 valence electrons. The molecule has 0 aliphatic carbocycles. The fourth-order valence-corrected chi connectivity index (χ4v) is 3.54. The molecule has 2 N–H and O–H groups in total. The van der Waals surface area contributed by atoms with Crippen LogP contribution in [0.25, 0.3) is 0 Å². The van der Waals surface area contributed by atoms with Crippen LogP contribution in [0.15, 0.2) is 36.4 Å².